The topological polar surface area (TPSA) is 152 Å². The first kappa shape index (κ1) is 25.4. The predicted octanol–water partition coefficient (Wildman–Crippen LogP) is -0.388. The van der Waals surface area contributed by atoms with Gasteiger partial charge in [-0.15, -0.1) is 0 Å². The van der Waals surface area contributed by atoms with E-state index in [1.807, 2.05) is 22.8 Å². The van der Waals surface area contributed by atoms with Gasteiger partial charge in [0.1, 0.15) is 5.75 Å². The van der Waals surface area contributed by atoms with Gasteiger partial charge in [0.2, 0.25) is 0 Å². The number of fused-ring (bicyclic) bond motifs is 1. The third kappa shape index (κ3) is 5.83. The highest BCUT2D eigenvalue weighted by molar-refractivity contribution is 7.79. The molecule has 0 unspecified atom stereocenters. The van der Waals surface area contributed by atoms with E-state index in [2.05, 4.69) is 20.9 Å². The van der Waals surface area contributed by atoms with Gasteiger partial charge in [-0.05, 0) is 12.1 Å². The third-order valence-corrected chi connectivity index (χ3v) is 5.67. The minimum Gasteiger partial charge on any atom is -0.495 e. The third-order valence-electron chi connectivity index (χ3n) is 5.67. The van der Waals surface area contributed by atoms with E-state index in [1.54, 1.807) is 20.5 Å². The molecule has 1 fully saturated rings. The maximum atomic E-state index is 12.6. The van der Waals surface area contributed by atoms with Crippen molar-refractivity contribution in [2.45, 2.75) is 6.54 Å². The molecule has 13 nitrogen and oxygen atoms in total. The Kier molecular flexibility index (Phi) is 7.76. The lowest BCUT2D eigenvalue weighted by molar-refractivity contribution is 0.248. The van der Waals surface area contributed by atoms with Crippen LogP contribution in [0.3, 0.4) is 0 Å². The van der Waals surface area contributed by atoms with Gasteiger partial charge in [0.15, 0.2) is 11.2 Å². The molecule has 0 spiro atoms. The lowest BCUT2D eigenvalue weighted by Crippen LogP contribution is -2.47. The Morgan fingerprint density at radius 3 is 2.24 bits per heavy atom. The summed E-state index contributed by atoms with van der Waals surface area (Å²) in [6, 6.07) is 8.09. The normalized spacial score (nSPS) is 14.7. The van der Waals surface area contributed by atoms with Gasteiger partial charge in [0.05, 0.1) is 19.1 Å². The molecule has 1 aliphatic rings. The Bertz CT molecular complexity index is 1360. The number of piperazine rings is 1. The van der Waals surface area contributed by atoms with Crippen LogP contribution in [0.1, 0.15) is 0 Å². The minimum atomic E-state index is -4.67. The molecule has 0 saturated carbocycles. The Balaban J connectivity index is 0.000000588. The molecule has 4 rings (SSSR count). The fraction of sp³-hybridized carbons (Fsp3) is 0.450. The number of anilines is 1. The molecule has 2 N–H and O–H groups in total. The number of methoxy groups -OCH3 is 1. The first-order chi connectivity index (χ1) is 16.0. The van der Waals surface area contributed by atoms with Crippen molar-refractivity contribution < 1.29 is 22.3 Å². The van der Waals surface area contributed by atoms with Gasteiger partial charge < -0.3 is 14.2 Å². The van der Waals surface area contributed by atoms with E-state index in [0.717, 1.165) is 48.7 Å². The van der Waals surface area contributed by atoms with Gasteiger partial charge in [0, 0.05) is 53.4 Å². The quantitative estimate of drug-likeness (QED) is 0.447. The van der Waals surface area contributed by atoms with Crippen LogP contribution in [0, 0.1) is 0 Å². The highest BCUT2D eigenvalue weighted by Crippen LogP contribution is 2.28. The molecule has 186 valence electrons. The second-order valence-electron chi connectivity index (χ2n) is 7.76. The summed E-state index contributed by atoms with van der Waals surface area (Å²) >= 11 is 0. The van der Waals surface area contributed by atoms with E-state index in [4.69, 9.17) is 22.3 Å². The molecule has 1 aliphatic heterocycles. The van der Waals surface area contributed by atoms with Crippen LogP contribution in [-0.2, 0) is 31.0 Å². The molecule has 2 aromatic heterocycles. The number of aromatic nitrogens is 4. The highest BCUT2D eigenvalue weighted by Gasteiger charge is 2.20. The number of benzene rings is 1. The summed E-state index contributed by atoms with van der Waals surface area (Å²) in [7, 11) is 0.168. The number of rotatable bonds is 5. The minimum absolute atomic E-state index is 0.304. The van der Waals surface area contributed by atoms with Gasteiger partial charge in [0.25, 0.3) is 5.56 Å². The van der Waals surface area contributed by atoms with Crippen molar-refractivity contribution in [3.05, 3.63) is 51.4 Å². The van der Waals surface area contributed by atoms with Crippen LogP contribution in [0.2, 0.25) is 0 Å². The van der Waals surface area contributed by atoms with Crippen molar-refractivity contribution in [2.75, 3.05) is 44.7 Å². The summed E-state index contributed by atoms with van der Waals surface area (Å²) in [4.78, 5) is 33.6. The van der Waals surface area contributed by atoms with E-state index in [0.29, 0.717) is 17.7 Å². The number of imidazole rings is 1. The second-order valence-corrected chi connectivity index (χ2v) is 8.66. The molecule has 14 heteroatoms. The van der Waals surface area contributed by atoms with Crippen molar-refractivity contribution >= 4 is 27.3 Å². The Labute approximate surface area is 196 Å². The highest BCUT2D eigenvalue weighted by atomic mass is 32.3. The van der Waals surface area contributed by atoms with Crippen molar-refractivity contribution in [1.29, 1.82) is 0 Å². The van der Waals surface area contributed by atoms with Crippen molar-refractivity contribution in [1.82, 2.24) is 23.6 Å². The fourth-order valence-corrected chi connectivity index (χ4v) is 3.92. The van der Waals surface area contributed by atoms with Gasteiger partial charge in [-0.1, -0.05) is 12.1 Å². The molecule has 0 bridgehead atoms. The second kappa shape index (κ2) is 10.4. The molecule has 3 heterocycles. The first-order valence-corrected chi connectivity index (χ1v) is 11.8. The summed E-state index contributed by atoms with van der Waals surface area (Å²) in [6.45, 7) is 5.17. The number of aryl methyl sites for hydroxylation is 1. The summed E-state index contributed by atoms with van der Waals surface area (Å²) in [5.41, 5.74) is 1.36. The Morgan fingerprint density at radius 1 is 1.00 bits per heavy atom. The van der Waals surface area contributed by atoms with Crippen LogP contribution in [0.4, 0.5) is 5.69 Å². The number of hydrogen-bond donors (Lipinski definition) is 2. The van der Waals surface area contributed by atoms with Crippen LogP contribution in [0.15, 0.2) is 40.2 Å². The summed E-state index contributed by atoms with van der Waals surface area (Å²) < 4.78 is 41.5. The monoisotopic (exact) mass is 496 g/mol. The van der Waals surface area contributed by atoms with Gasteiger partial charge in [-0.25, -0.2) is 9.78 Å². The van der Waals surface area contributed by atoms with Gasteiger partial charge >= 0.3 is 16.1 Å². The molecule has 1 aromatic carbocycles. The number of ether oxygens (including phenoxy) is 1. The van der Waals surface area contributed by atoms with Crippen molar-refractivity contribution in [3.63, 3.8) is 0 Å². The fourth-order valence-electron chi connectivity index (χ4n) is 3.92. The maximum absolute atomic E-state index is 12.6. The standard InChI is InChI=1S/C20H26N6O3.H2O4S/c1-22-18-17(19(27)23(2)20(22)28)26(14-21-18)13-10-24-8-11-25(12-9-24)15-6-4-5-7-16(15)29-3;1-5(2,3)4/h4-7,14H,8-13H2,1-3H3;(H2,1,2,3,4). The zero-order valence-corrected chi connectivity index (χ0v) is 20.0. The Morgan fingerprint density at radius 2 is 1.62 bits per heavy atom. The van der Waals surface area contributed by atoms with Crippen LogP contribution in [0.5, 0.6) is 5.75 Å². The smallest absolute Gasteiger partial charge is 0.394 e. The number of hydrogen-bond acceptors (Lipinski definition) is 8. The molecule has 0 radical (unpaired) electrons. The lowest BCUT2D eigenvalue weighted by Gasteiger charge is -2.36. The molecule has 1 saturated heterocycles. The van der Waals surface area contributed by atoms with E-state index in [1.165, 1.54) is 11.6 Å². The van der Waals surface area contributed by atoms with E-state index < -0.39 is 10.4 Å². The molecular formula is C20H28N6O7S. The molecule has 34 heavy (non-hydrogen) atoms. The zero-order chi connectivity index (χ0) is 25.0. The summed E-state index contributed by atoms with van der Waals surface area (Å²) in [6.07, 6.45) is 1.65. The molecular weight excluding hydrogens is 468 g/mol. The molecule has 0 aliphatic carbocycles. The largest absolute Gasteiger partial charge is 0.495 e. The first-order valence-electron chi connectivity index (χ1n) is 10.4. The predicted molar refractivity (Wildman–Crippen MR) is 126 cm³/mol. The van der Waals surface area contributed by atoms with E-state index >= 15 is 0 Å². The Hall–Kier alpha value is -3.20. The van der Waals surface area contributed by atoms with E-state index in [9.17, 15) is 9.59 Å². The average Bonchev–Trinajstić information content (AvgIpc) is 3.23. The van der Waals surface area contributed by atoms with Crippen molar-refractivity contribution in [2.24, 2.45) is 14.1 Å². The van der Waals surface area contributed by atoms with Gasteiger partial charge in [-0.3, -0.25) is 27.9 Å². The summed E-state index contributed by atoms with van der Waals surface area (Å²) in [5.74, 6) is 0.896. The molecule has 0 atom stereocenters. The van der Waals surface area contributed by atoms with Crippen LogP contribution < -0.4 is 20.9 Å². The van der Waals surface area contributed by atoms with E-state index in [-0.39, 0.29) is 11.2 Å². The van der Waals surface area contributed by atoms with Crippen LogP contribution >= 0.6 is 0 Å². The average molecular weight is 497 g/mol. The number of para-hydroxylation sites is 2. The maximum Gasteiger partial charge on any atom is 0.394 e. The van der Waals surface area contributed by atoms with Crippen LogP contribution in [0.25, 0.3) is 11.2 Å². The van der Waals surface area contributed by atoms with Crippen LogP contribution in [-0.4, -0.2) is 80.9 Å². The molecule has 3 aromatic rings. The lowest BCUT2D eigenvalue weighted by atomic mass is 10.2. The van der Waals surface area contributed by atoms with Gasteiger partial charge in [-0.2, -0.15) is 8.42 Å². The zero-order valence-electron chi connectivity index (χ0n) is 19.2. The molecule has 0 amide bonds. The number of nitrogens with zero attached hydrogens (tertiary/aromatic N) is 6. The SMILES string of the molecule is COc1ccccc1N1CCN(CCn2cnc3c2c(=O)n(C)c(=O)n3C)CC1.O=S(=O)(O)O. The van der Waals surface area contributed by atoms with Crippen molar-refractivity contribution in [3.8, 4) is 5.75 Å². The summed E-state index contributed by atoms with van der Waals surface area (Å²) in [5, 5.41) is 0.